The third-order valence-electron chi connectivity index (χ3n) is 3.73. The third-order valence-corrected chi connectivity index (χ3v) is 5.91. The molecule has 0 aromatic heterocycles. The Hall–Kier alpha value is -1.31. The van der Waals surface area contributed by atoms with Crippen molar-refractivity contribution in [2.75, 3.05) is 32.2 Å². The fourth-order valence-electron chi connectivity index (χ4n) is 2.64. The molecule has 1 saturated heterocycles. The van der Waals surface area contributed by atoms with Gasteiger partial charge < -0.3 is 4.74 Å². The number of nitrogens with zero attached hydrogens (tertiary/aromatic N) is 2. The lowest BCUT2D eigenvalue weighted by atomic mass is 10.2. The molecular weight excluding hydrogens is 340 g/mol. The first kappa shape index (κ1) is 18.0. The van der Waals surface area contributed by atoms with Crippen molar-refractivity contribution in [2.45, 2.75) is 19.4 Å². The number of hydrazine groups is 1. The van der Waals surface area contributed by atoms with E-state index in [2.05, 4.69) is 0 Å². The van der Waals surface area contributed by atoms with Crippen molar-refractivity contribution < 1.29 is 17.9 Å². The first-order chi connectivity index (χ1) is 10.7. The predicted octanol–water partition coefficient (Wildman–Crippen LogP) is 1.52. The van der Waals surface area contributed by atoms with E-state index in [0.29, 0.717) is 17.2 Å². The first-order valence-electron chi connectivity index (χ1n) is 7.28. The SMILES string of the molecule is Cc1cc(OCC(=O)N([C@@H]2CCS(=O)(=O)C2)N(C)C)ccc1Cl. The molecule has 1 aliphatic heterocycles. The van der Waals surface area contributed by atoms with Gasteiger partial charge in [0.25, 0.3) is 5.91 Å². The lowest BCUT2D eigenvalue weighted by molar-refractivity contribution is -0.151. The van der Waals surface area contributed by atoms with Crippen LogP contribution in [0.3, 0.4) is 0 Å². The molecular formula is C15H21ClN2O4S. The molecule has 6 nitrogen and oxygen atoms in total. The van der Waals surface area contributed by atoms with Crippen molar-refractivity contribution in [1.82, 2.24) is 10.0 Å². The van der Waals surface area contributed by atoms with Crippen molar-refractivity contribution >= 4 is 27.3 Å². The number of aryl methyl sites for hydroxylation is 1. The Balaban J connectivity index is 2.02. The van der Waals surface area contributed by atoms with Gasteiger partial charge >= 0.3 is 0 Å². The summed E-state index contributed by atoms with van der Waals surface area (Å²) in [5.74, 6) is 0.395. The van der Waals surface area contributed by atoms with Crippen molar-refractivity contribution in [1.29, 1.82) is 0 Å². The number of amides is 1. The number of rotatable bonds is 5. The average Bonchev–Trinajstić information content (AvgIpc) is 2.80. The Bertz CT molecular complexity index is 691. The van der Waals surface area contributed by atoms with Gasteiger partial charge in [-0.05, 0) is 37.1 Å². The molecule has 0 radical (unpaired) electrons. The lowest BCUT2D eigenvalue weighted by Gasteiger charge is -2.33. The number of hydrogen-bond donors (Lipinski definition) is 0. The highest BCUT2D eigenvalue weighted by Gasteiger charge is 2.36. The van der Waals surface area contributed by atoms with Gasteiger partial charge in [-0.25, -0.2) is 13.4 Å². The van der Waals surface area contributed by atoms with Gasteiger partial charge in [0.1, 0.15) is 5.75 Å². The second-order valence-corrected chi connectivity index (χ2v) is 8.48. The van der Waals surface area contributed by atoms with Gasteiger partial charge in [0, 0.05) is 19.1 Å². The molecule has 1 heterocycles. The summed E-state index contributed by atoms with van der Waals surface area (Å²) in [6.45, 7) is 1.70. The summed E-state index contributed by atoms with van der Waals surface area (Å²) < 4.78 is 28.8. The molecule has 8 heteroatoms. The Morgan fingerprint density at radius 3 is 2.61 bits per heavy atom. The predicted molar refractivity (Wildman–Crippen MR) is 89.3 cm³/mol. The van der Waals surface area contributed by atoms with Crippen LogP contribution in [0.1, 0.15) is 12.0 Å². The molecule has 2 rings (SSSR count). The number of carbonyl (C=O) groups is 1. The van der Waals surface area contributed by atoms with Crippen LogP contribution in [0.25, 0.3) is 0 Å². The normalized spacial score (nSPS) is 19.8. The Labute approximate surface area is 141 Å². The quantitative estimate of drug-likeness (QED) is 0.745. The number of ether oxygens (including phenoxy) is 1. The van der Waals surface area contributed by atoms with Crippen LogP contribution < -0.4 is 4.74 Å². The Morgan fingerprint density at radius 1 is 1.39 bits per heavy atom. The van der Waals surface area contributed by atoms with Crippen LogP contribution in [-0.4, -0.2) is 62.6 Å². The van der Waals surface area contributed by atoms with Gasteiger partial charge in [-0.1, -0.05) is 11.6 Å². The van der Waals surface area contributed by atoms with Gasteiger partial charge in [0.15, 0.2) is 16.4 Å². The van der Waals surface area contributed by atoms with Crippen LogP contribution in [0.2, 0.25) is 5.02 Å². The fourth-order valence-corrected chi connectivity index (χ4v) is 4.45. The maximum Gasteiger partial charge on any atom is 0.275 e. The van der Waals surface area contributed by atoms with Crippen LogP contribution in [0.4, 0.5) is 0 Å². The number of carbonyl (C=O) groups excluding carboxylic acids is 1. The average molecular weight is 361 g/mol. The largest absolute Gasteiger partial charge is 0.484 e. The van der Waals surface area contributed by atoms with E-state index in [1.54, 1.807) is 37.3 Å². The molecule has 1 atom stereocenters. The van der Waals surface area contributed by atoms with E-state index < -0.39 is 9.84 Å². The molecule has 1 fully saturated rings. The summed E-state index contributed by atoms with van der Waals surface area (Å²) in [6, 6.07) is 4.83. The number of halogens is 1. The van der Waals surface area contributed by atoms with Crippen molar-refractivity contribution in [2.24, 2.45) is 0 Å². The molecule has 0 aliphatic carbocycles. The molecule has 0 N–H and O–H groups in total. The molecule has 0 unspecified atom stereocenters. The van der Waals surface area contributed by atoms with E-state index in [0.717, 1.165) is 5.56 Å². The molecule has 1 aromatic rings. The lowest BCUT2D eigenvalue weighted by Crippen LogP contribution is -2.51. The van der Waals surface area contributed by atoms with Crippen molar-refractivity contribution in [3.05, 3.63) is 28.8 Å². The van der Waals surface area contributed by atoms with Gasteiger partial charge in [0.2, 0.25) is 0 Å². The maximum absolute atomic E-state index is 12.4. The molecule has 0 saturated carbocycles. The zero-order chi connectivity index (χ0) is 17.2. The van der Waals surface area contributed by atoms with Crippen molar-refractivity contribution in [3.8, 4) is 5.75 Å². The maximum atomic E-state index is 12.4. The summed E-state index contributed by atoms with van der Waals surface area (Å²) in [5.41, 5.74) is 0.864. The minimum atomic E-state index is -3.06. The Morgan fingerprint density at radius 2 is 2.09 bits per heavy atom. The summed E-state index contributed by atoms with van der Waals surface area (Å²) in [5, 5.41) is 3.72. The monoisotopic (exact) mass is 360 g/mol. The standard InChI is InChI=1S/C15H21ClN2O4S/c1-11-8-13(4-5-14(11)16)22-9-15(19)18(17(2)3)12-6-7-23(20,21)10-12/h4-5,8,12H,6-7,9-10H2,1-3H3/t12-/m1/s1. The topological polar surface area (TPSA) is 66.9 Å². The van der Waals surface area contributed by atoms with Crippen LogP contribution in [-0.2, 0) is 14.6 Å². The highest BCUT2D eigenvalue weighted by Crippen LogP contribution is 2.22. The van der Waals surface area contributed by atoms with E-state index in [9.17, 15) is 13.2 Å². The molecule has 1 aliphatic rings. The van der Waals surface area contributed by atoms with E-state index in [4.69, 9.17) is 16.3 Å². The van der Waals surface area contributed by atoms with Gasteiger partial charge in [-0.3, -0.25) is 9.80 Å². The van der Waals surface area contributed by atoms with Crippen LogP contribution >= 0.6 is 11.6 Å². The number of benzene rings is 1. The minimum absolute atomic E-state index is 0.00300. The zero-order valence-electron chi connectivity index (χ0n) is 13.5. The Kier molecular flexibility index (Phi) is 5.54. The van der Waals surface area contributed by atoms with Crippen LogP contribution in [0.5, 0.6) is 5.75 Å². The number of sulfone groups is 1. The van der Waals surface area contributed by atoms with E-state index >= 15 is 0 Å². The molecule has 0 bridgehead atoms. The van der Waals surface area contributed by atoms with Gasteiger partial charge in [0.05, 0.1) is 17.5 Å². The molecule has 128 valence electrons. The van der Waals surface area contributed by atoms with Gasteiger partial charge in [-0.15, -0.1) is 0 Å². The first-order valence-corrected chi connectivity index (χ1v) is 9.48. The summed E-state index contributed by atoms with van der Waals surface area (Å²) in [6.07, 6.45) is 0.451. The zero-order valence-corrected chi connectivity index (χ0v) is 15.0. The highest BCUT2D eigenvalue weighted by molar-refractivity contribution is 7.91. The molecule has 1 amide bonds. The second kappa shape index (κ2) is 7.07. The van der Waals surface area contributed by atoms with Crippen LogP contribution in [0, 0.1) is 6.92 Å². The minimum Gasteiger partial charge on any atom is -0.484 e. The number of hydrogen-bond acceptors (Lipinski definition) is 5. The molecule has 23 heavy (non-hydrogen) atoms. The fraction of sp³-hybridized carbons (Fsp3) is 0.533. The second-order valence-electron chi connectivity index (χ2n) is 5.84. The van der Waals surface area contributed by atoms with E-state index in [1.165, 1.54) is 5.01 Å². The van der Waals surface area contributed by atoms with E-state index in [1.807, 2.05) is 6.92 Å². The summed E-state index contributed by atoms with van der Waals surface area (Å²) >= 11 is 5.95. The third kappa shape index (κ3) is 4.59. The van der Waals surface area contributed by atoms with Crippen LogP contribution in [0.15, 0.2) is 18.2 Å². The van der Waals surface area contributed by atoms with Gasteiger partial charge in [-0.2, -0.15) is 0 Å². The molecule has 1 aromatic carbocycles. The smallest absolute Gasteiger partial charge is 0.275 e. The van der Waals surface area contributed by atoms with E-state index in [-0.39, 0.29) is 30.1 Å². The van der Waals surface area contributed by atoms with Crippen molar-refractivity contribution in [3.63, 3.8) is 0 Å². The summed E-state index contributed by atoms with van der Waals surface area (Å²) in [7, 11) is 0.374. The highest BCUT2D eigenvalue weighted by atomic mass is 35.5. The summed E-state index contributed by atoms with van der Waals surface area (Å²) in [4.78, 5) is 12.4. The molecule has 0 spiro atoms.